The first-order valence-electron chi connectivity index (χ1n) is 6.33. The van der Waals surface area contributed by atoms with Crippen LogP contribution >= 0.6 is 0 Å². The van der Waals surface area contributed by atoms with E-state index in [1.807, 2.05) is 6.92 Å². The van der Waals surface area contributed by atoms with E-state index in [4.69, 9.17) is 4.74 Å². The van der Waals surface area contributed by atoms with Crippen LogP contribution in [-0.4, -0.2) is 29.3 Å². The smallest absolute Gasteiger partial charge is 0.270 e. The number of benzene rings is 1. The van der Waals surface area contributed by atoms with Crippen molar-refractivity contribution in [1.82, 2.24) is 5.32 Å². The van der Waals surface area contributed by atoms with E-state index in [-0.39, 0.29) is 5.69 Å². The number of aliphatic hydroxyl groups is 1. The van der Waals surface area contributed by atoms with Gasteiger partial charge in [-0.15, -0.1) is 0 Å². The largest absolute Gasteiger partial charge is 0.493 e. The number of nitro benzene ring substituents is 1. The van der Waals surface area contributed by atoms with Crippen LogP contribution < -0.4 is 10.1 Å². The summed E-state index contributed by atoms with van der Waals surface area (Å²) >= 11 is 0. The van der Waals surface area contributed by atoms with Gasteiger partial charge in [0.1, 0.15) is 5.75 Å². The van der Waals surface area contributed by atoms with Crippen LogP contribution in [0.25, 0.3) is 0 Å². The summed E-state index contributed by atoms with van der Waals surface area (Å²) in [7, 11) is 0. The Morgan fingerprint density at radius 2 is 2.26 bits per heavy atom. The maximum atomic E-state index is 10.8. The Balaban J connectivity index is 2.79. The Bertz CT molecular complexity index is 421. The molecule has 1 unspecified atom stereocenters. The highest BCUT2D eigenvalue weighted by Crippen LogP contribution is 2.24. The molecule has 0 bridgehead atoms. The van der Waals surface area contributed by atoms with Crippen LogP contribution in [0.1, 0.15) is 25.8 Å². The number of nitrogens with one attached hydrogen (secondary N) is 1. The first-order valence-corrected chi connectivity index (χ1v) is 6.33. The third-order valence-corrected chi connectivity index (χ3v) is 2.61. The summed E-state index contributed by atoms with van der Waals surface area (Å²) in [5, 5.41) is 23.0. The third kappa shape index (κ3) is 5.23. The molecule has 19 heavy (non-hydrogen) atoms. The molecule has 1 aromatic rings. The molecule has 106 valence electrons. The van der Waals surface area contributed by atoms with Gasteiger partial charge in [-0.1, -0.05) is 6.92 Å². The molecule has 2 N–H and O–H groups in total. The SMILES string of the molecule is CCNCc1cc([N+](=O)[O-])ccc1OCCC(C)O. The number of ether oxygens (including phenoxy) is 1. The topological polar surface area (TPSA) is 84.6 Å². The van der Waals surface area contributed by atoms with Crippen molar-refractivity contribution in [2.45, 2.75) is 32.9 Å². The van der Waals surface area contributed by atoms with Crippen molar-refractivity contribution >= 4 is 5.69 Å². The molecule has 1 aromatic carbocycles. The molecule has 1 atom stereocenters. The van der Waals surface area contributed by atoms with Crippen molar-refractivity contribution in [2.75, 3.05) is 13.2 Å². The molecule has 0 amide bonds. The molecule has 0 radical (unpaired) electrons. The van der Waals surface area contributed by atoms with E-state index in [0.717, 1.165) is 12.1 Å². The second-order valence-corrected chi connectivity index (χ2v) is 4.32. The van der Waals surface area contributed by atoms with Crippen LogP contribution in [-0.2, 0) is 6.54 Å². The summed E-state index contributed by atoms with van der Waals surface area (Å²) in [6.07, 6.45) is 0.104. The third-order valence-electron chi connectivity index (χ3n) is 2.61. The molecule has 0 heterocycles. The summed E-state index contributed by atoms with van der Waals surface area (Å²) in [5.41, 5.74) is 0.803. The Morgan fingerprint density at radius 1 is 1.53 bits per heavy atom. The number of aliphatic hydroxyl groups excluding tert-OH is 1. The number of nitrogens with zero attached hydrogens (tertiary/aromatic N) is 1. The first kappa shape index (κ1) is 15.4. The quantitative estimate of drug-likeness (QED) is 0.555. The lowest BCUT2D eigenvalue weighted by Gasteiger charge is -2.12. The lowest BCUT2D eigenvalue weighted by atomic mass is 10.1. The molecule has 1 rings (SSSR count). The molecule has 0 fully saturated rings. The molecule has 0 aromatic heterocycles. The molecule has 6 nitrogen and oxygen atoms in total. The first-order chi connectivity index (χ1) is 9.04. The predicted octanol–water partition coefficient (Wildman–Crippen LogP) is 1.85. The van der Waals surface area contributed by atoms with Crippen molar-refractivity contribution in [3.8, 4) is 5.75 Å². The monoisotopic (exact) mass is 268 g/mol. The lowest BCUT2D eigenvalue weighted by molar-refractivity contribution is -0.384. The average Bonchev–Trinajstić information content (AvgIpc) is 2.36. The van der Waals surface area contributed by atoms with Crippen LogP contribution in [0.2, 0.25) is 0 Å². The highest BCUT2D eigenvalue weighted by Gasteiger charge is 2.11. The highest BCUT2D eigenvalue weighted by molar-refractivity contribution is 5.43. The minimum Gasteiger partial charge on any atom is -0.493 e. The Hall–Kier alpha value is -1.66. The van der Waals surface area contributed by atoms with E-state index >= 15 is 0 Å². The molecule has 0 aliphatic rings. The van der Waals surface area contributed by atoms with Gasteiger partial charge < -0.3 is 15.2 Å². The zero-order chi connectivity index (χ0) is 14.3. The fourth-order valence-corrected chi connectivity index (χ4v) is 1.56. The summed E-state index contributed by atoms with van der Waals surface area (Å²) in [6, 6.07) is 4.54. The van der Waals surface area contributed by atoms with E-state index in [1.165, 1.54) is 12.1 Å². The summed E-state index contributed by atoms with van der Waals surface area (Å²) in [6.45, 7) is 5.33. The van der Waals surface area contributed by atoms with Gasteiger partial charge in [0, 0.05) is 30.7 Å². The fourth-order valence-electron chi connectivity index (χ4n) is 1.56. The van der Waals surface area contributed by atoms with Crippen molar-refractivity contribution in [3.63, 3.8) is 0 Å². The zero-order valence-corrected chi connectivity index (χ0v) is 11.3. The summed E-state index contributed by atoms with van der Waals surface area (Å²) in [4.78, 5) is 10.3. The van der Waals surface area contributed by atoms with Crippen molar-refractivity contribution < 1.29 is 14.8 Å². The second-order valence-electron chi connectivity index (χ2n) is 4.32. The van der Waals surface area contributed by atoms with Gasteiger partial charge >= 0.3 is 0 Å². The number of hydrogen-bond acceptors (Lipinski definition) is 5. The van der Waals surface area contributed by atoms with E-state index in [0.29, 0.717) is 25.3 Å². The molecule has 0 aliphatic carbocycles. The van der Waals surface area contributed by atoms with Gasteiger partial charge in [-0.2, -0.15) is 0 Å². The van der Waals surface area contributed by atoms with Gasteiger partial charge in [0.25, 0.3) is 5.69 Å². The minimum absolute atomic E-state index is 0.0516. The van der Waals surface area contributed by atoms with Crippen molar-refractivity contribution in [2.24, 2.45) is 0 Å². The van der Waals surface area contributed by atoms with Crippen LogP contribution in [0.4, 0.5) is 5.69 Å². The van der Waals surface area contributed by atoms with E-state index in [1.54, 1.807) is 13.0 Å². The van der Waals surface area contributed by atoms with Crippen molar-refractivity contribution in [1.29, 1.82) is 0 Å². The second kappa shape index (κ2) is 7.70. The molecule has 0 aliphatic heterocycles. The zero-order valence-electron chi connectivity index (χ0n) is 11.3. The van der Waals surface area contributed by atoms with Crippen molar-refractivity contribution in [3.05, 3.63) is 33.9 Å². The van der Waals surface area contributed by atoms with Crippen LogP contribution in [0.5, 0.6) is 5.75 Å². The minimum atomic E-state index is -0.422. The molecular formula is C13H20N2O4. The van der Waals surface area contributed by atoms with Gasteiger partial charge in [0.15, 0.2) is 0 Å². The van der Waals surface area contributed by atoms with Gasteiger partial charge in [-0.25, -0.2) is 0 Å². The Morgan fingerprint density at radius 3 is 2.84 bits per heavy atom. The number of non-ortho nitro benzene ring substituents is 1. The maximum absolute atomic E-state index is 10.8. The predicted molar refractivity (Wildman–Crippen MR) is 72.3 cm³/mol. The van der Waals surface area contributed by atoms with Gasteiger partial charge in [0.2, 0.25) is 0 Å². The van der Waals surface area contributed by atoms with Gasteiger partial charge in [-0.05, 0) is 19.5 Å². The number of rotatable bonds is 8. The molecule has 0 saturated heterocycles. The highest BCUT2D eigenvalue weighted by atomic mass is 16.6. The van der Waals surface area contributed by atoms with E-state index < -0.39 is 11.0 Å². The normalized spacial score (nSPS) is 12.2. The standard InChI is InChI=1S/C13H20N2O4/c1-3-14-9-11-8-12(15(17)18)4-5-13(11)19-7-6-10(2)16/h4-5,8,10,14,16H,3,6-7,9H2,1-2H3. The van der Waals surface area contributed by atoms with Crippen LogP contribution in [0.15, 0.2) is 18.2 Å². The number of hydrogen-bond donors (Lipinski definition) is 2. The molecule has 6 heteroatoms. The lowest BCUT2D eigenvalue weighted by Crippen LogP contribution is -2.14. The Kier molecular flexibility index (Phi) is 6.24. The van der Waals surface area contributed by atoms with Gasteiger partial charge in [0.05, 0.1) is 17.6 Å². The maximum Gasteiger partial charge on any atom is 0.270 e. The molecular weight excluding hydrogens is 248 g/mol. The van der Waals surface area contributed by atoms with Crippen LogP contribution in [0, 0.1) is 10.1 Å². The molecule has 0 saturated carbocycles. The number of nitro groups is 1. The summed E-state index contributed by atoms with van der Waals surface area (Å²) in [5.74, 6) is 0.618. The van der Waals surface area contributed by atoms with E-state index in [9.17, 15) is 15.2 Å². The summed E-state index contributed by atoms with van der Waals surface area (Å²) < 4.78 is 5.56. The van der Waals surface area contributed by atoms with E-state index in [2.05, 4.69) is 5.32 Å². The Labute approximate surface area is 112 Å². The van der Waals surface area contributed by atoms with Gasteiger partial charge in [-0.3, -0.25) is 10.1 Å². The van der Waals surface area contributed by atoms with Crippen LogP contribution in [0.3, 0.4) is 0 Å². The average molecular weight is 268 g/mol. The fraction of sp³-hybridized carbons (Fsp3) is 0.538. The molecule has 0 spiro atoms.